The lowest BCUT2D eigenvalue weighted by atomic mass is 9.80. The van der Waals surface area contributed by atoms with E-state index in [4.69, 9.17) is 11.6 Å². The molecule has 0 saturated carbocycles. The normalized spacial score (nSPS) is 17.5. The molecule has 2 aromatic rings. The minimum absolute atomic E-state index is 0.0180. The Hall–Kier alpha value is -2.58. The monoisotopic (exact) mass is 460 g/mol. The minimum atomic E-state index is -0.457. The van der Waals surface area contributed by atoms with Gasteiger partial charge in [-0.05, 0) is 56.0 Å². The van der Waals surface area contributed by atoms with Gasteiger partial charge in [-0.3, -0.25) is 14.9 Å². The van der Waals surface area contributed by atoms with Crippen molar-refractivity contribution in [2.24, 2.45) is 5.10 Å². The molecule has 1 atom stereocenters. The zero-order chi connectivity index (χ0) is 22.8. The third-order valence-corrected chi connectivity index (χ3v) is 6.90. The van der Waals surface area contributed by atoms with E-state index in [2.05, 4.69) is 43.2 Å². The molecule has 7 nitrogen and oxygen atoms in total. The third kappa shape index (κ3) is 5.37. The average Bonchev–Trinajstić information content (AvgIpc) is 2.71. The Balaban J connectivity index is 1.61. The van der Waals surface area contributed by atoms with Crippen molar-refractivity contribution in [1.29, 1.82) is 0 Å². The van der Waals surface area contributed by atoms with Gasteiger partial charge in [-0.25, -0.2) is 5.43 Å². The summed E-state index contributed by atoms with van der Waals surface area (Å²) in [7, 11) is 2.08. The standard InChI is InChI=1S/C22H25ClN4O3S/c1-14-11-22(2,3)26(4)20-10-19(23)15(9-18(14)20)12-24-25-21(28)13-31-17-7-5-16(6-8-17)27(29)30/h5-10,12,14H,11,13H2,1-4H3,(H,25,28)/b24-12-/t14-/m1/s1. The zero-order valence-corrected chi connectivity index (χ0v) is 19.5. The van der Waals surface area contributed by atoms with Crippen LogP contribution in [0, 0.1) is 10.1 Å². The molecule has 0 spiro atoms. The molecular formula is C22H25ClN4O3S. The Morgan fingerprint density at radius 3 is 2.71 bits per heavy atom. The fourth-order valence-electron chi connectivity index (χ4n) is 3.72. The van der Waals surface area contributed by atoms with E-state index in [-0.39, 0.29) is 22.9 Å². The first-order valence-corrected chi connectivity index (χ1v) is 11.2. The molecule has 0 radical (unpaired) electrons. The lowest BCUT2D eigenvalue weighted by Gasteiger charge is -2.45. The van der Waals surface area contributed by atoms with Crippen molar-refractivity contribution in [2.75, 3.05) is 17.7 Å². The molecule has 0 aliphatic carbocycles. The number of nitrogens with zero attached hydrogens (tertiary/aromatic N) is 3. The maximum atomic E-state index is 12.1. The van der Waals surface area contributed by atoms with Crippen LogP contribution in [0.2, 0.25) is 5.02 Å². The van der Waals surface area contributed by atoms with Crippen LogP contribution >= 0.6 is 23.4 Å². The number of hydrogen-bond donors (Lipinski definition) is 1. The molecule has 9 heteroatoms. The van der Waals surface area contributed by atoms with Crippen molar-refractivity contribution in [1.82, 2.24) is 5.43 Å². The molecule has 31 heavy (non-hydrogen) atoms. The number of amides is 1. The number of fused-ring (bicyclic) bond motifs is 1. The van der Waals surface area contributed by atoms with Gasteiger partial charge in [0.05, 0.1) is 21.9 Å². The van der Waals surface area contributed by atoms with Crippen LogP contribution in [0.1, 0.15) is 44.2 Å². The van der Waals surface area contributed by atoms with E-state index in [1.165, 1.54) is 29.5 Å². The molecule has 0 bridgehead atoms. The van der Waals surface area contributed by atoms with Crippen LogP contribution in [-0.4, -0.2) is 35.4 Å². The van der Waals surface area contributed by atoms with Crippen molar-refractivity contribution in [3.05, 3.63) is 62.7 Å². The minimum Gasteiger partial charge on any atom is -0.369 e. The van der Waals surface area contributed by atoms with Crippen molar-refractivity contribution in [3.63, 3.8) is 0 Å². The summed E-state index contributed by atoms with van der Waals surface area (Å²) in [6.45, 7) is 6.65. The number of halogens is 1. The van der Waals surface area contributed by atoms with Gasteiger partial charge in [0.1, 0.15) is 0 Å². The quantitative estimate of drug-likeness (QED) is 0.276. The molecule has 2 aromatic carbocycles. The second kappa shape index (κ2) is 9.28. The number of hydrazone groups is 1. The lowest BCUT2D eigenvalue weighted by Crippen LogP contribution is -2.45. The molecule has 1 N–H and O–H groups in total. The fraction of sp³-hybridized carbons (Fsp3) is 0.364. The second-order valence-electron chi connectivity index (χ2n) is 8.24. The average molecular weight is 461 g/mol. The van der Waals surface area contributed by atoms with Gasteiger partial charge in [-0.15, -0.1) is 11.8 Å². The number of rotatable bonds is 6. The van der Waals surface area contributed by atoms with Gasteiger partial charge in [0.2, 0.25) is 5.91 Å². The topological polar surface area (TPSA) is 87.8 Å². The number of carbonyl (C=O) groups is 1. The molecule has 1 heterocycles. The molecule has 3 rings (SSSR count). The lowest BCUT2D eigenvalue weighted by molar-refractivity contribution is -0.384. The van der Waals surface area contributed by atoms with Crippen molar-refractivity contribution in [2.45, 2.75) is 43.5 Å². The van der Waals surface area contributed by atoms with E-state index in [1.54, 1.807) is 18.3 Å². The Morgan fingerprint density at radius 1 is 1.39 bits per heavy atom. The Kier molecular flexibility index (Phi) is 6.91. The number of anilines is 1. The number of nitrogens with one attached hydrogen (secondary N) is 1. The van der Waals surface area contributed by atoms with Crippen LogP contribution in [0.25, 0.3) is 0 Å². The van der Waals surface area contributed by atoms with Gasteiger partial charge < -0.3 is 4.90 Å². The highest BCUT2D eigenvalue weighted by Crippen LogP contribution is 2.44. The summed E-state index contributed by atoms with van der Waals surface area (Å²) in [6.07, 6.45) is 2.59. The Bertz CT molecular complexity index is 1020. The van der Waals surface area contributed by atoms with Crippen LogP contribution in [0.4, 0.5) is 11.4 Å². The summed E-state index contributed by atoms with van der Waals surface area (Å²) < 4.78 is 0. The van der Waals surface area contributed by atoms with E-state index in [0.29, 0.717) is 10.9 Å². The maximum absolute atomic E-state index is 12.1. The van der Waals surface area contributed by atoms with Crippen LogP contribution in [-0.2, 0) is 4.79 Å². The predicted octanol–water partition coefficient (Wildman–Crippen LogP) is 5.21. The van der Waals surface area contributed by atoms with E-state index in [1.807, 2.05) is 12.1 Å². The van der Waals surface area contributed by atoms with Gasteiger partial charge >= 0.3 is 0 Å². The number of benzene rings is 2. The highest BCUT2D eigenvalue weighted by molar-refractivity contribution is 8.00. The van der Waals surface area contributed by atoms with E-state index < -0.39 is 4.92 Å². The van der Waals surface area contributed by atoms with E-state index in [9.17, 15) is 14.9 Å². The van der Waals surface area contributed by atoms with E-state index in [0.717, 1.165) is 22.6 Å². The third-order valence-electron chi connectivity index (χ3n) is 5.56. The SMILES string of the molecule is C[C@@H]1CC(C)(C)N(C)c2cc(Cl)c(/C=N\NC(=O)CSc3ccc([N+](=O)[O-])cc3)cc21. The van der Waals surface area contributed by atoms with Crippen molar-refractivity contribution < 1.29 is 9.72 Å². The first kappa shape index (κ1) is 23.1. The van der Waals surface area contributed by atoms with E-state index >= 15 is 0 Å². The van der Waals surface area contributed by atoms with Gasteiger partial charge in [0.15, 0.2) is 0 Å². The second-order valence-corrected chi connectivity index (χ2v) is 9.70. The van der Waals surface area contributed by atoms with Crippen LogP contribution in [0.3, 0.4) is 0 Å². The number of nitro benzene ring substituents is 1. The smallest absolute Gasteiger partial charge is 0.269 e. The molecule has 0 saturated heterocycles. The van der Waals surface area contributed by atoms with Crippen LogP contribution in [0.5, 0.6) is 0 Å². The Morgan fingerprint density at radius 2 is 2.06 bits per heavy atom. The van der Waals surface area contributed by atoms with Gasteiger partial charge in [0.25, 0.3) is 5.69 Å². The summed E-state index contributed by atoms with van der Waals surface area (Å²) in [4.78, 5) is 25.3. The van der Waals surface area contributed by atoms with Gasteiger partial charge in [-0.2, -0.15) is 5.10 Å². The zero-order valence-electron chi connectivity index (χ0n) is 17.9. The summed E-state index contributed by atoms with van der Waals surface area (Å²) in [5.74, 6) is 0.256. The molecule has 0 fully saturated rings. The summed E-state index contributed by atoms with van der Waals surface area (Å²) in [5.41, 5.74) is 5.67. The molecular weight excluding hydrogens is 436 g/mol. The Labute approximate surface area is 191 Å². The highest BCUT2D eigenvalue weighted by Gasteiger charge is 2.34. The molecule has 164 valence electrons. The van der Waals surface area contributed by atoms with Crippen LogP contribution < -0.4 is 10.3 Å². The van der Waals surface area contributed by atoms with Gasteiger partial charge in [0, 0.05) is 40.9 Å². The fourth-order valence-corrected chi connectivity index (χ4v) is 4.62. The molecule has 0 aromatic heterocycles. The molecule has 1 amide bonds. The summed E-state index contributed by atoms with van der Waals surface area (Å²) >= 11 is 7.75. The maximum Gasteiger partial charge on any atom is 0.269 e. The number of carbonyl (C=O) groups excluding carboxylic acids is 1. The first-order chi connectivity index (χ1) is 14.6. The number of hydrogen-bond acceptors (Lipinski definition) is 6. The number of nitro groups is 1. The summed E-state index contributed by atoms with van der Waals surface area (Å²) in [6, 6.07) is 10.1. The molecule has 1 aliphatic rings. The first-order valence-electron chi connectivity index (χ1n) is 9.85. The predicted molar refractivity (Wildman–Crippen MR) is 127 cm³/mol. The highest BCUT2D eigenvalue weighted by atomic mass is 35.5. The van der Waals surface area contributed by atoms with Crippen LogP contribution in [0.15, 0.2) is 46.4 Å². The van der Waals surface area contributed by atoms with Crippen molar-refractivity contribution in [3.8, 4) is 0 Å². The van der Waals surface area contributed by atoms with Crippen molar-refractivity contribution >= 4 is 46.9 Å². The number of thioether (sulfide) groups is 1. The molecule has 1 aliphatic heterocycles. The summed E-state index contributed by atoms with van der Waals surface area (Å²) in [5, 5.41) is 15.3. The van der Waals surface area contributed by atoms with Gasteiger partial charge in [-0.1, -0.05) is 18.5 Å². The molecule has 0 unspecified atom stereocenters. The largest absolute Gasteiger partial charge is 0.369 e. The number of non-ortho nitro benzene ring substituents is 1.